The largest absolute Gasteiger partial charge is 0.447 e. The van der Waals surface area contributed by atoms with E-state index in [2.05, 4.69) is 5.32 Å². The van der Waals surface area contributed by atoms with Crippen LogP contribution in [-0.2, 0) is 29.1 Å². The first-order chi connectivity index (χ1) is 14.9. The van der Waals surface area contributed by atoms with Crippen molar-refractivity contribution in [3.05, 3.63) is 60.2 Å². The Kier molecular flexibility index (Phi) is 6.35. The standard InChI is InChI=1S/C22H24N2O6S/c25-21(20(16-5-2-1-3-6-16)30-22(26)17-9-10-17)23-18-7-4-8-19(15-18)31(27,28)24-11-13-29-14-12-24/h1-8,15,17,20H,9-14H2,(H,23,25). The van der Waals surface area contributed by atoms with Gasteiger partial charge in [0.2, 0.25) is 16.1 Å². The molecule has 1 aliphatic carbocycles. The summed E-state index contributed by atoms with van der Waals surface area (Å²) in [5.41, 5.74) is 0.855. The zero-order valence-electron chi connectivity index (χ0n) is 16.9. The van der Waals surface area contributed by atoms with E-state index in [0.717, 1.165) is 12.8 Å². The van der Waals surface area contributed by atoms with Crippen LogP contribution >= 0.6 is 0 Å². The highest BCUT2D eigenvalue weighted by molar-refractivity contribution is 7.89. The molecule has 0 spiro atoms. The molecule has 1 atom stereocenters. The van der Waals surface area contributed by atoms with Crippen molar-refractivity contribution in [1.82, 2.24) is 4.31 Å². The summed E-state index contributed by atoms with van der Waals surface area (Å²) in [5.74, 6) is -1.09. The molecular weight excluding hydrogens is 420 g/mol. The highest BCUT2D eigenvalue weighted by Crippen LogP contribution is 2.33. The predicted molar refractivity (Wildman–Crippen MR) is 113 cm³/mol. The fourth-order valence-electron chi connectivity index (χ4n) is 3.31. The summed E-state index contributed by atoms with van der Waals surface area (Å²) in [5, 5.41) is 2.70. The van der Waals surface area contributed by atoms with Gasteiger partial charge in [-0.2, -0.15) is 4.31 Å². The average molecular weight is 445 g/mol. The molecule has 0 radical (unpaired) electrons. The van der Waals surface area contributed by atoms with Gasteiger partial charge in [0.25, 0.3) is 5.91 Å². The molecule has 2 aliphatic rings. The minimum atomic E-state index is -3.70. The number of carbonyl (C=O) groups excluding carboxylic acids is 2. The number of carbonyl (C=O) groups is 2. The number of hydrogen-bond acceptors (Lipinski definition) is 6. The van der Waals surface area contributed by atoms with Crippen LogP contribution in [0.25, 0.3) is 0 Å². The topological polar surface area (TPSA) is 102 Å². The van der Waals surface area contributed by atoms with Crippen molar-refractivity contribution in [2.45, 2.75) is 23.8 Å². The Hall–Kier alpha value is -2.75. The van der Waals surface area contributed by atoms with Crippen LogP contribution in [-0.4, -0.2) is 50.9 Å². The van der Waals surface area contributed by atoms with E-state index >= 15 is 0 Å². The van der Waals surface area contributed by atoms with Crippen LogP contribution < -0.4 is 5.32 Å². The number of rotatable bonds is 7. The third-order valence-corrected chi connectivity index (χ3v) is 7.09. The molecule has 2 aromatic carbocycles. The van der Waals surface area contributed by atoms with Crippen molar-refractivity contribution in [3.63, 3.8) is 0 Å². The van der Waals surface area contributed by atoms with Gasteiger partial charge in [0.05, 0.1) is 24.0 Å². The van der Waals surface area contributed by atoms with Gasteiger partial charge < -0.3 is 14.8 Å². The first-order valence-corrected chi connectivity index (χ1v) is 11.6. The van der Waals surface area contributed by atoms with Gasteiger partial charge in [0, 0.05) is 24.3 Å². The van der Waals surface area contributed by atoms with Crippen LogP contribution in [0.2, 0.25) is 0 Å². The summed E-state index contributed by atoms with van der Waals surface area (Å²) < 4.78 is 37.9. The molecular formula is C22H24N2O6S. The summed E-state index contributed by atoms with van der Waals surface area (Å²) in [4.78, 5) is 25.3. The van der Waals surface area contributed by atoms with Crippen molar-refractivity contribution < 1.29 is 27.5 Å². The highest BCUT2D eigenvalue weighted by atomic mass is 32.2. The number of morpholine rings is 1. The van der Waals surface area contributed by atoms with Gasteiger partial charge >= 0.3 is 5.97 Å². The molecule has 0 aromatic heterocycles. The Balaban J connectivity index is 1.53. The quantitative estimate of drug-likeness (QED) is 0.658. The first kappa shape index (κ1) is 21.5. The molecule has 8 nitrogen and oxygen atoms in total. The second-order valence-corrected chi connectivity index (χ2v) is 9.47. The number of benzene rings is 2. The molecule has 4 rings (SSSR count). The fourth-order valence-corrected chi connectivity index (χ4v) is 4.76. The number of amides is 1. The molecule has 2 aromatic rings. The molecule has 164 valence electrons. The van der Waals surface area contributed by atoms with E-state index in [4.69, 9.17) is 9.47 Å². The number of anilines is 1. The predicted octanol–water partition coefficient (Wildman–Crippen LogP) is 2.34. The third kappa shape index (κ3) is 5.12. The van der Waals surface area contributed by atoms with Crippen LogP contribution in [0.3, 0.4) is 0 Å². The van der Waals surface area contributed by atoms with Crippen molar-refractivity contribution in [2.24, 2.45) is 5.92 Å². The lowest BCUT2D eigenvalue weighted by Gasteiger charge is -2.26. The Morgan fingerprint density at radius 1 is 1.03 bits per heavy atom. The number of ether oxygens (including phenoxy) is 2. The molecule has 31 heavy (non-hydrogen) atoms. The van der Waals surface area contributed by atoms with Crippen molar-refractivity contribution in [1.29, 1.82) is 0 Å². The van der Waals surface area contributed by atoms with Gasteiger partial charge in [-0.1, -0.05) is 36.4 Å². The normalized spacial score (nSPS) is 18.2. The lowest BCUT2D eigenvalue weighted by atomic mass is 10.1. The minimum absolute atomic E-state index is 0.0819. The summed E-state index contributed by atoms with van der Waals surface area (Å²) in [6, 6.07) is 14.8. The molecule has 9 heteroatoms. The summed E-state index contributed by atoms with van der Waals surface area (Å²) >= 11 is 0. The molecule has 2 fully saturated rings. The third-order valence-electron chi connectivity index (χ3n) is 5.19. The van der Waals surface area contributed by atoms with E-state index in [1.807, 2.05) is 0 Å². The van der Waals surface area contributed by atoms with Gasteiger partial charge in [0.15, 0.2) is 0 Å². The lowest BCUT2D eigenvalue weighted by molar-refractivity contribution is -0.156. The van der Waals surface area contributed by atoms with Crippen molar-refractivity contribution >= 4 is 27.6 Å². The molecule has 1 unspecified atom stereocenters. The summed E-state index contributed by atoms with van der Waals surface area (Å²) in [6.07, 6.45) is 0.418. The van der Waals surface area contributed by atoms with E-state index in [9.17, 15) is 18.0 Å². The Morgan fingerprint density at radius 2 is 1.74 bits per heavy atom. The van der Waals surface area contributed by atoms with Crippen LogP contribution in [0.1, 0.15) is 24.5 Å². The molecule has 1 saturated carbocycles. The molecule has 1 amide bonds. The lowest BCUT2D eigenvalue weighted by Crippen LogP contribution is -2.40. The smallest absolute Gasteiger partial charge is 0.310 e. The van der Waals surface area contributed by atoms with Gasteiger partial charge in [-0.05, 0) is 31.0 Å². The second kappa shape index (κ2) is 9.17. The van der Waals surface area contributed by atoms with Gasteiger partial charge in [-0.25, -0.2) is 8.42 Å². The minimum Gasteiger partial charge on any atom is -0.447 e. The van der Waals surface area contributed by atoms with Crippen LogP contribution in [0, 0.1) is 5.92 Å². The van der Waals surface area contributed by atoms with Crippen LogP contribution in [0.5, 0.6) is 0 Å². The van der Waals surface area contributed by atoms with Crippen molar-refractivity contribution in [2.75, 3.05) is 31.6 Å². The number of sulfonamides is 1. The first-order valence-electron chi connectivity index (χ1n) is 10.2. The number of nitrogens with one attached hydrogen (secondary N) is 1. The molecule has 0 bridgehead atoms. The SMILES string of the molecule is O=C(OC(C(=O)Nc1cccc(S(=O)(=O)N2CCOCC2)c1)c1ccccc1)C1CC1. The van der Waals surface area contributed by atoms with Crippen LogP contribution in [0.4, 0.5) is 5.69 Å². The number of nitrogens with zero attached hydrogens (tertiary/aromatic N) is 1. The Morgan fingerprint density at radius 3 is 2.42 bits per heavy atom. The number of esters is 1. The molecule has 1 aliphatic heterocycles. The Labute approximate surface area is 181 Å². The highest BCUT2D eigenvalue weighted by Gasteiger charge is 2.35. The van der Waals surface area contributed by atoms with Crippen LogP contribution in [0.15, 0.2) is 59.5 Å². The maximum Gasteiger partial charge on any atom is 0.310 e. The molecule has 1 saturated heterocycles. The van der Waals surface area contributed by atoms with E-state index in [1.165, 1.54) is 16.4 Å². The monoisotopic (exact) mass is 444 g/mol. The van der Waals surface area contributed by atoms with Crippen molar-refractivity contribution in [3.8, 4) is 0 Å². The van der Waals surface area contributed by atoms with Gasteiger partial charge in [-0.3, -0.25) is 9.59 Å². The van der Waals surface area contributed by atoms with E-state index in [-0.39, 0.29) is 23.9 Å². The maximum absolute atomic E-state index is 13.0. The zero-order chi connectivity index (χ0) is 21.8. The second-order valence-electron chi connectivity index (χ2n) is 7.54. The summed E-state index contributed by atoms with van der Waals surface area (Å²) in [7, 11) is -3.70. The van der Waals surface area contributed by atoms with Gasteiger partial charge in [-0.15, -0.1) is 0 Å². The van der Waals surface area contributed by atoms with E-state index in [0.29, 0.717) is 24.5 Å². The number of hydrogen-bond donors (Lipinski definition) is 1. The molecule has 1 heterocycles. The average Bonchev–Trinajstić information content (AvgIpc) is 3.64. The molecule has 1 N–H and O–H groups in total. The van der Waals surface area contributed by atoms with E-state index in [1.54, 1.807) is 42.5 Å². The fraction of sp³-hybridized carbons (Fsp3) is 0.364. The van der Waals surface area contributed by atoms with E-state index < -0.39 is 28.0 Å². The van der Waals surface area contributed by atoms with Gasteiger partial charge in [0.1, 0.15) is 0 Å². The Bertz CT molecular complexity index is 1050. The zero-order valence-corrected chi connectivity index (χ0v) is 17.7. The summed E-state index contributed by atoms with van der Waals surface area (Å²) in [6.45, 7) is 1.26. The maximum atomic E-state index is 13.0.